The fourth-order valence-corrected chi connectivity index (χ4v) is 2.71. The fraction of sp³-hybridized carbons (Fsp3) is 0.0526. The minimum Gasteiger partial charge on any atom is -0.508 e. The Labute approximate surface area is 129 Å². The van der Waals surface area contributed by atoms with Gasteiger partial charge in [-0.15, -0.1) is 0 Å². The van der Waals surface area contributed by atoms with Crippen LogP contribution >= 0.6 is 0 Å². The molecule has 3 rings (SSSR count). The number of hydrogen-bond acceptors (Lipinski definition) is 3. The van der Waals surface area contributed by atoms with E-state index in [0.29, 0.717) is 12.2 Å². The van der Waals surface area contributed by atoms with Gasteiger partial charge in [0.2, 0.25) is 0 Å². The van der Waals surface area contributed by atoms with Crippen molar-refractivity contribution in [2.24, 2.45) is 5.73 Å². The van der Waals surface area contributed by atoms with Crippen LogP contribution in [0.5, 0.6) is 5.75 Å². The number of hydrogen-bond donors (Lipinski definition) is 3. The van der Waals surface area contributed by atoms with Crippen LogP contribution in [0.2, 0.25) is 0 Å². The van der Waals surface area contributed by atoms with Crippen LogP contribution in [0.1, 0.15) is 5.56 Å². The molecule has 3 aromatic carbocycles. The van der Waals surface area contributed by atoms with Gasteiger partial charge >= 0.3 is 0 Å². The number of aromatic hydroxyl groups is 1. The lowest BCUT2D eigenvalue weighted by Crippen LogP contribution is -2.03. The van der Waals surface area contributed by atoms with E-state index in [4.69, 9.17) is 11.5 Å². The molecule has 0 fully saturated rings. The standard InChI is InChI=1S/C19H18N2O/c20-12-15-8-11-17(21)19(13-4-2-1-3-5-13)18(15)14-6-9-16(22)10-7-14/h1-11,22H,12,20-21H2. The molecule has 0 atom stereocenters. The quantitative estimate of drug-likeness (QED) is 0.643. The molecule has 0 aliphatic rings. The van der Waals surface area contributed by atoms with Crippen LogP contribution in [-0.4, -0.2) is 5.11 Å². The number of anilines is 1. The predicted octanol–water partition coefficient (Wildman–Crippen LogP) is 3.77. The molecule has 0 radical (unpaired) electrons. The van der Waals surface area contributed by atoms with E-state index in [0.717, 1.165) is 27.8 Å². The van der Waals surface area contributed by atoms with E-state index in [1.807, 2.05) is 54.6 Å². The largest absolute Gasteiger partial charge is 0.508 e. The van der Waals surface area contributed by atoms with Gasteiger partial charge in [-0.05, 0) is 40.5 Å². The Hall–Kier alpha value is -2.78. The maximum atomic E-state index is 9.52. The van der Waals surface area contributed by atoms with Crippen LogP contribution in [0.4, 0.5) is 5.69 Å². The van der Waals surface area contributed by atoms with E-state index in [2.05, 4.69) is 0 Å². The first-order chi connectivity index (χ1) is 10.7. The lowest BCUT2D eigenvalue weighted by atomic mass is 9.89. The molecule has 3 nitrogen and oxygen atoms in total. The van der Waals surface area contributed by atoms with Crippen molar-refractivity contribution >= 4 is 5.69 Å². The van der Waals surface area contributed by atoms with Gasteiger partial charge in [0.05, 0.1) is 0 Å². The zero-order chi connectivity index (χ0) is 15.5. The van der Waals surface area contributed by atoms with Crippen molar-refractivity contribution in [3.8, 4) is 28.0 Å². The van der Waals surface area contributed by atoms with Gasteiger partial charge in [0.1, 0.15) is 5.75 Å². The van der Waals surface area contributed by atoms with E-state index >= 15 is 0 Å². The average Bonchev–Trinajstić information content (AvgIpc) is 2.56. The van der Waals surface area contributed by atoms with Gasteiger partial charge in [-0.1, -0.05) is 48.5 Å². The fourth-order valence-electron chi connectivity index (χ4n) is 2.71. The highest BCUT2D eigenvalue weighted by atomic mass is 16.3. The summed E-state index contributed by atoms with van der Waals surface area (Å²) in [6, 6.07) is 21.0. The minimum atomic E-state index is 0.239. The molecule has 5 N–H and O–H groups in total. The molecule has 0 aromatic heterocycles. The highest BCUT2D eigenvalue weighted by Crippen LogP contribution is 2.39. The molecule has 0 heterocycles. The summed E-state index contributed by atoms with van der Waals surface area (Å²) in [5.74, 6) is 0.239. The van der Waals surface area contributed by atoms with Crippen molar-refractivity contribution in [1.29, 1.82) is 0 Å². The Bertz CT molecular complexity index is 781. The second-order valence-corrected chi connectivity index (χ2v) is 5.18. The second kappa shape index (κ2) is 5.92. The molecule has 0 unspecified atom stereocenters. The summed E-state index contributed by atoms with van der Waals surface area (Å²) < 4.78 is 0. The van der Waals surface area contributed by atoms with Crippen molar-refractivity contribution < 1.29 is 5.11 Å². The maximum Gasteiger partial charge on any atom is 0.115 e. The molecule has 0 amide bonds. The monoisotopic (exact) mass is 290 g/mol. The summed E-state index contributed by atoms with van der Waals surface area (Å²) in [5.41, 5.74) is 18.0. The molecule has 110 valence electrons. The Kier molecular flexibility index (Phi) is 3.81. The molecule has 0 aliphatic carbocycles. The number of nitrogens with two attached hydrogens (primary N) is 2. The number of phenolic OH excluding ortho intramolecular Hbond substituents is 1. The second-order valence-electron chi connectivity index (χ2n) is 5.18. The van der Waals surface area contributed by atoms with Gasteiger partial charge in [-0.25, -0.2) is 0 Å². The van der Waals surface area contributed by atoms with Gasteiger partial charge in [-0.3, -0.25) is 0 Å². The van der Waals surface area contributed by atoms with Gasteiger partial charge in [0, 0.05) is 17.8 Å². The van der Waals surface area contributed by atoms with Crippen molar-refractivity contribution in [2.45, 2.75) is 6.54 Å². The summed E-state index contributed by atoms with van der Waals surface area (Å²) in [4.78, 5) is 0. The first-order valence-electron chi connectivity index (χ1n) is 7.17. The maximum absolute atomic E-state index is 9.52. The van der Waals surface area contributed by atoms with Crippen LogP contribution in [0.25, 0.3) is 22.3 Å². The van der Waals surface area contributed by atoms with Crippen molar-refractivity contribution in [3.05, 3.63) is 72.3 Å². The van der Waals surface area contributed by atoms with Gasteiger partial charge in [0.15, 0.2) is 0 Å². The van der Waals surface area contributed by atoms with Gasteiger partial charge in [0.25, 0.3) is 0 Å². The van der Waals surface area contributed by atoms with Crippen LogP contribution < -0.4 is 11.5 Å². The Morgan fingerprint density at radius 3 is 2.00 bits per heavy atom. The summed E-state index contributed by atoms with van der Waals surface area (Å²) in [5, 5.41) is 9.52. The third kappa shape index (κ3) is 2.54. The number of rotatable bonds is 3. The van der Waals surface area contributed by atoms with E-state index < -0.39 is 0 Å². The van der Waals surface area contributed by atoms with Crippen molar-refractivity contribution in [2.75, 3.05) is 5.73 Å². The summed E-state index contributed by atoms with van der Waals surface area (Å²) in [7, 11) is 0. The lowest BCUT2D eigenvalue weighted by Gasteiger charge is -2.17. The van der Waals surface area contributed by atoms with Crippen molar-refractivity contribution in [3.63, 3.8) is 0 Å². The van der Waals surface area contributed by atoms with Crippen LogP contribution in [0, 0.1) is 0 Å². The summed E-state index contributed by atoms with van der Waals surface area (Å²) >= 11 is 0. The Balaban J connectivity index is 2.31. The van der Waals surface area contributed by atoms with E-state index in [1.165, 1.54) is 0 Å². The zero-order valence-electron chi connectivity index (χ0n) is 12.2. The van der Waals surface area contributed by atoms with Crippen molar-refractivity contribution in [1.82, 2.24) is 0 Å². The molecule has 22 heavy (non-hydrogen) atoms. The number of phenols is 1. The molecule has 3 aromatic rings. The first-order valence-corrected chi connectivity index (χ1v) is 7.17. The SMILES string of the molecule is NCc1ccc(N)c(-c2ccccc2)c1-c1ccc(O)cc1. The molecule has 0 saturated carbocycles. The third-order valence-corrected chi connectivity index (χ3v) is 3.76. The predicted molar refractivity (Wildman–Crippen MR) is 91.3 cm³/mol. The Morgan fingerprint density at radius 1 is 0.727 bits per heavy atom. The first kappa shape index (κ1) is 14.2. The van der Waals surface area contributed by atoms with Crippen LogP contribution in [0.3, 0.4) is 0 Å². The summed E-state index contributed by atoms with van der Waals surface area (Å²) in [6.07, 6.45) is 0. The highest BCUT2D eigenvalue weighted by molar-refractivity contribution is 5.93. The summed E-state index contributed by atoms with van der Waals surface area (Å²) in [6.45, 7) is 0.427. The van der Waals surface area contributed by atoms with Gasteiger partial charge < -0.3 is 16.6 Å². The van der Waals surface area contributed by atoms with Gasteiger partial charge in [-0.2, -0.15) is 0 Å². The molecular formula is C19H18N2O. The topological polar surface area (TPSA) is 72.3 Å². The molecule has 3 heteroatoms. The third-order valence-electron chi connectivity index (χ3n) is 3.76. The Morgan fingerprint density at radius 2 is 1.36 bits per heavy atom. The molecule has 0 saturated heterocycles. The lowest BCUT2D eigenvalue weighted by molar-refractivity contribution is 0.475. The average molecular weight is 290 g/mol. The zero-order valence-corrected chi connectivity index (χ0v) is 12.2. The minimum absolute atomic E-state index is 0.239. The molecular weight excluding hydrogens is 272 g/mol. The molecule has 0 bridgehead atoms. The van der Waals surface area contributed by atoms with E-state index in [-0.39, 0.29) is 5.75 Å². The smallest absolute Gasteiger partial charge is 0.115 e. The number of nitrogen functional groups attached to an aromatic ring is 1. The van der Waals surface area contributed by atoms with Crippen LogP contribution in [-0.2, 0) is 6.54 Å². The van der Waals surface area contributed by atoms with Crippen LogP contribution in [0.15, 0.2) is 66.7 Å². The molecule has 0 aliphatic heterocycles. The normalized spacial score (nSPS) is 10.6. The highest BCUT2D eigenvalue weighted by Gasteiger charge is 2.14. The molecule has 0 spiro atoms. The van der Waals surface area contributed by atoms with E-state index in [9.17, 15) is 5.11 Å². The van der Waals surface area contributed by atoms with E-state index in [1.54, 1.807) is 12.1 Å². The number of benzene rings is 3.